The molecule has 0 N–H and O–H groups in total. The first-order chi connectivity index (χ1) is 18.3. The molecule has 6 nitrogen and oxygen atoms in total. The van der Waals surface area contributed by atoms with Gasteiger partial charge in [0.05, 0.1) is 19.0 Å². The fourth-order valence-electron chi connectivity index (χ4n) is 6.13. The number of oxime groups is 1. The maximum Gasteiger partial charge on any atom is 0.194 e. The van der Waals surface area contributed by atoms with Crippen molar-refractivity contribution in [2.24, 2.45) is 10.1 Å². The minimum atomic E-state index is -1.47. The lowest BCUT2D eigenvalue weighted by Crippen LogP contribution is -2.58. The molecular weight excluding hydrogens is 509 g/mol. The summed E-state index contributed by atoms with van der Waals surface area (Å²) in [6, 6.07) is 8.34. The number of rotatable bonds is 3. The lowest BCUT2D eigenvalue weighted by molar-refractivity contribution is -0.174. The largest absolute Gasteiger partial charge is 0.382 e. The van der Waals surface area contributed by atoms with E-state index in [9.17, 15) is 13.2 Å². The molecule has 0 amide bonds. The summed E-state index contributed by atoms with van der Waals surface area (Å²) in [5, 5.41) is 5.85. The molecule has 200 valence electrons. The molecule has 6 rings (SSSR count). The van der Waals surface area contributed by atoms with Crippen LogP contribution in [0.2, 0.25) is 0 Å². The molecule has 2 saturated heterocycles. The quantitative estimate of drug-likeness (QED) is 0.442. The summed E-state index contributed by atoms with van der Waals surface area (Å²) in [6.07, 6.45) is 7.04. The zero-order valence-electron chi connectivity index (χ0n) is 21.6. The number of halogens is 3. The highest BCUT2D eigenvalue weighted by atomic mass is 28.1. The number of benzene rings is 2. The van der Waals surface area contributed by atoms with E-state index in [0.717, 1.165) is 59.3 Å². The molecule has 2 fully saturated rings. The highest BCUT2D eigenvalue weighted by Gasteiger charge is 2.52. The summed E-state index contributed by atoms with van der Waals surface area (Å²) in [6.45, 7) is 4.47. The number of aliphatic imine (C=N–C) groups is 1. The van der Waals surface area contributed by atoms with Gasteiger partial charge < -0.3 is 19.4 Å². The number of ether oxygens (including phenoxy) is 1. The fraction of sp³-hybridized carbons (Fsp3) is 0.429. The van der Waals surface area contributed by atoms with Crippen molar-refractivity contribution >= 4 is 39.4 Å². The van der Waals surface area contributed by atoms with Crippen LogP contribution >= 0.6 is 0 Å². The summed E-state index contributed by atoms with van der Waals surface area (Å²) in [5.74, 6) is -3.23. The maximum absolute atomic E-state index is 14.4. The summed E-state index contributed by atoms with van der Waals surface area (Å²) < 4.78 is 48.4. The summed E-state index contributed by atoms with van der Waals surface area (Å²) in [4.78, 5) is 14.9. The topological polar surface area (TPSA) is 49.7 Å². The van der Waals surface area contributed by atoms with Gasteiger partial charge in [-0.2, -0.15) is 0 Å². The monoisotopic (exact) mass is 540 g/mol. The van der Waals surface area contributed by atoms with Crippen molar-refractivity contribution < 1.29 is 22.7 Å². The number of fused-ring (bicyclic) bond motifs is 1. The van der Waals surface area contributed by atoms with Gasteiger partial charge in [-0.05, 0) is 78.8 Å². The van der Waals surface area contributed by atoms with Gasteiger partial charge in [0, 0.05) is 35.6 Å². The Labute approximate surface area is 223 Å². The standard InChI is InChI=1S/C28H31F3N4O2Si/c1-17-14-34(16-32-17)23-6-5-18(11-24(23)38)10-19-4-2-8-35-26(20-12-21(29)25(31)22(30)13-20)28(37-33-27(19)35)7-3-9-36-15-28/h5-6,10-13,16-17,26H,2-4,7-9,14-15H2,1,38H3/b19-10+/t17?,26-,28?/m0/s1. The zero-order chi connectivity index (χ0) is 26.4. The van der Waals surface area contributed by atoms with E-state index >= 15 is 0 Å². The molecule has 1 spiro atoms. The molecule has 4 aliphatic rings. The Morgan fingerprint density at radius 1 is 1.13 bits per heavy atom. The van der Waals surface area contributed by atoms with Crippen LogP contribution in [0.25, 0.3) is 6.08 Å². The van der Waals surface area contributed by atoms with E-state index in [4.69, 9.17) is 9.57 Å². The molecular formula is C28H31F3N4O2Si. The van der Waals surface area contributed by atoms with E-state index in [2.05, 4.69) is 51.1 Å². The summed E-state index contributed by atoms with van der Waals surface area (Å²) in [5.41, 5.74) is 2.68. The predicted molar refractivity (Wildman–Crippen MR) is 146 cm³/mol. The second-order valence-corrected chi connectivity index (χ2v) is 11.8. The van der Waals surface area contributed by atoms with E-state index in [-0.39, 0.29) is 6.61 Å². The minimum absolute atomic E-state index is 0.244. The van der Waals surface area contributed by atoms with Crippen LogP contribution in [-0.2, 0) is 9.57 Å². The second kappa shape index (κ2) is 9.89. The smallest absolute Gasteiger partial charge is 0.194 e. The van der Waals surface area contributed by atoms with Gasteiger partial charge in [-0.1, -0.05) is 17.3 Å². The number of anilines is 1. The molecule has 2 aromatic rings. The molecule has 0 saturated carbocycles. The molecule has 4 aliphatic heterocycles. The SMILES string of the molecule is CC1CN(c2ccc(/C=C3\CCCN4C3=NOC3(CCCOC3)[C@@H]4c3cc(F)c(F)c(F)c3)cc2[SiH3])C=N1. The van der Waals surface area contributed by atoms with Gasteiger partial charge in [0.15, 0.2) is 28.9 Å². The average molecular weight is 541 g/mol. The Balaban J connectivity index is 1.36. The van der Waals surface area contributed by atoms with Crippen LogP contribution in [0.4, 0.5) is 18.9 Å². The third kappa shape index (κ3) is 4.43. The molecule has 4 heterocycles. The van der Waals surface area contributed by atoms with Crippen LogP contribution in [0.5, 0.6) is 0 Å². The summed E-state index contributed by atoms with van der Waals surface area (Å²) in [7, 11) is 0.888. The first-order valence-electron chi connectivity index (χ1n) is 13.2. The van der Waals surface area contributed by atoms with Gasteiger partial charge in [-0.3, -0.25) is 4.99 Å². The lowest BCUT2D eigenvalue weighted by Gasteiger charge is -2.51. The number of hydrogen-bond donors (Lipinski definition) is 0. The van der Waals surface area contributed by atoms with E-state index in [0.29, 0.717) is 37.0 Å². The number of nitrogens with zero attached hydrogens (tertiary/aromatic N) is 4. The van der Waals surface area contributed by atoms with E-state index in [1.807, 2.05) is 6.34 Å². The third-order valence-corrected chi connectivity index (χ3v) is 8.68. The van der Waals surface area contributed by atoms with E-state index < -0.39 is 29.1 Å². The van der Waals surface area contributed by atoms with Crippen molar-refractivity contribution in [3.8, 4) is 0 Å². The van der Waals surface area contributed by atoms with Gasteiger partial charge in [-0.25, -0.2) is 13.2 Å². The average Bonchev–Trinajstić information content (AvgIpc) is 3.33. The molecule has 0 radical (unpaired) electrons. The molecule has 10 heteroatoms. The van der Waals surface area contributed by atoms with Crippen molar-refractivity contribution in [3.63, 3.8) is 0 Å². The number of piperidine rings is 1. The van der Waals surface area contributed by atoms with Crippen molar-refractivity contribution in [1.29, 1.82) is 0 Å². The van der Waals surface area contributed by atoms with Gasteiger partial charge in [0.2, 0.25) is 0 Å². The van der Waals surface area contributed by atoms with Crippen LogP contribution in [0, 0.1) is 17.5 Å². The first kappa shape index (κ1) is 25.2. The van der Waals surface area contributed by atoms with Crippen LogP contribution < -0.4 is 10.1 Å². The normalized spacial score (nSPS) is 28.1. The zero-order valence-corrected chi connectivity index (χ0v) is 23.6. The molecule has 38 heavy (non-hydrogen) atoms. The van der Waals surface area contributed by atoms with Crippen molar-refractivity contribution in [3.05, 3.63) is 64.5 Å². The molecule has 0 bridgehead atoms. The number of hydrogen-bond acceptors (Lipinski definition) is 6. The van der Waals surface area contributed by atoms with E-state index in [1.54, 1.807) is 0 Å². The summed E-state index contributed by atoms with van der Waals surface area (Å²) >= 11 is 0. The van der Waals surface area contributed by atoms with Crippen LogP contribution in [0.15, 0.2) is 46.1 Å². The van der Waals surface area contributed by atoms with Crippen molar-refractivity contribution in [2.75, 3.05) is 31.2 Å². The number of amidine groups is 1. The molecule has 0 aromatic heterocycles. The Morgan fingerprint density at radius 3 is 2.63 bits per heavy atom. The van der Waals surface area contributed by atoms with Crippen LogP contribution in [0.3, 0.4) is 0 Å². The van der Waals surface area contributed by atoms with Crippen LogP contribution in [0.1, 0.15) is 49.8 Å². The molecule has 0 aliphatic carbocycles. The highest BCUT2D eigenvalue weighted by Crippen LogP contribution is 2.46. The molecule has 2 unspecified atom stereocenters. The van der Waals surface area contributed by atoms with Gasteiger partial charge in [-0.15, -0.1) is 0 Å². The predicted octanol–water partition coefficient (Wildman–Crippen LogP) is 3.44. The maximum atomic E-state index is 14.4. The minimum Gasteiger partial charge on any atom is -0.382 e. The Kier molecular flexibility index (Phi) is 6.55. The molecule has 3 atom stereocenters. The van der Waals surface area contributed by atoms with Gasteiger partial charge in [0.25, 0.3) is 0 Å². The van der Waals surface area contributed by atoms with E-state index in [1.165, 1.54) is 10.9 Å². The lowest BCUT2D eigenvalue weighted by atomic mass is 9.81. The second-order valence-electron chi connectivity index (χ2n) is 10.7. The van der Waals surface area contributed by atoms with Crippen molar-refractivity contribution in [1.82, 2.24) is 4.90 Å². The van der Waals surface area contributed by atoms with Gasteiger partial charge in [0.1, 0.15) is 6.04 Å². The first-order valence-corrected chi connectivity index (χ1v) is 14.2. The third-order valence-electron chi connectivity index (χ3n) is 7.88. The Morgan fingerprint density at radius 2 is 1.95 bits per heavy atom. The van der Waals surface area contributed by atoms with Crippen molar-refractivity contribution in [2.45, 2.75) is 50.3 Å². The van der Waals surface area contributed by atoms with Crippen LogP contribution in [-0.4, -0.2) is 65.3 Å². The Bertz CT molecular complexity index is 1320. The molecule has 2 aromatic carbocycles. The highest BCUT2D eigenvalue weighted by molar-refractivity contribution is 6.36. The fourth-order valence-corrected chi connectivity index (χ4v) is 6.92. The van der Waals surface area contributed by atoms with Gasteiger partial charge >= 0.3 is 0 Å². The Hall–Kier alpha value is -3.11.